The Kier molecular flexibility index (Phi) is 5.21. The molecule has 10 heteroatoms. The topological polar surface area (TPSA) is 113 Å². The number of rotatable bonds is 4. The molecule has 24 heavy (non-hydrogen) atoms. The molecule has 1 heterocycles. The Balaban J connectivity index is 2.01. The van der Waals surface area contributed by atoms with Crippen molar-refractivity contribution in [2.45, 2.75) is 37.4 Å². The number of carbonyl (C=O) groups is 1. The van der Waals surface area contributed by atoms with Crippen molar-refractivity contribution < 1.29 is 32.1 Å². The molecule has 0 radical (unpaired) electrons. The summed E-state index contributed by atoms with van der Waals surface area (Å²) in [5.41, 5.74) is -0.602. The Morgan fingerprint density at radius 2 is 2.08 bits per heavy atom. The molecule has 1 N–H and O–H groups in total. The number of carbonyl (C=O) groups excluding carboxylic acids is 1. The number of hydroxylamine groups is 2. The zero-order valence-electron chi connectivity index (χ0n) is 13.5. The van der Waals surface area contributed by atoms with E-state index in [-0.39, 0.29) is 23.7 Å². The van der Waals surface area contributed by atoms with Crippen molar-refractivity contribution in [2.24, 2.45) is 0 Å². The summed E-state index contributed by atoms with van der Waals surface area (Å²) in [5.74, 6) is 0. The van der Waals surface area contributed by atoms with Gasteiger partial charge in [0.25, 0.3) is 15.8 Å². The smallest absolute Gasteiger partial charge is 0.434 e. The molecule has 132 valence electrons. The maximum absolute atomic E-state index is 12.2. The van der Waals surface area contributed by atoms with Crippen LogP contribution in [0.25, 0.3) is 0 Å². The normalized spacial score (nSPS) is 18.5. The zero-order valence-corrected chi connectivity index (χ0v) is 14.3. The second-order valence-corrected chi connectivity index (χ2v) is 7.71. The molecule has 1 aliphatic heterocycles. The molecule has 2 rings (SSSR count). The lowest BCUT2D eigenvalue weighted by Crippen LogP contribution is -2.55. The summed E-state index contributed by atoms with van der Waals surface area (Å²) in [6.45, 7) is 4.91. The standard InChI is InChI=1S/C14H18N2O7S/c1-14(2,3)22-13(17)16-8-11(9-21-16)23-24(19,20)12-6-4-5-10(7-12)15-18/h4-7,11H,8-9H2,1-3H3/p+1/t11-/m0/s1. The minimum absolute atomic E-state index is 0.0896. The Bertz CT molecular complexity index is 727. The number of hydrogen-bond donors (Lipinski definition) is 1. The second kappa shape index (κ2) is 6.83. The summed E-state index contributed by atoms with van der Waals surface area (Å²) in [7, 11) is -4.10. The van der Waals surface area contributed by atoms with Crippen LogP contribution >= 0.6 is 0 Å². The second-order valence-electron chi connectivity index (χ2n) is 6.14. The maximum atomic E-state index is 12.2. The number of nitrogens with one attached hydrogen (secondary N) is 1. The van der Waals surface area contributed by atoms with Crippen molar-refractivity contribution in [3.8, 4) is 0 Å². The highest BCUT2D eigenvalue weighted by atomic mass is 32.2. The van der Waals surface area contributed by atoms with Gasteiger partial charge in [0.15, 0.2) is 0 Å². The van der Waals surface area contributed by atoms with Gasteiger partial charge in [0.1, 0.15) is 23.2 Å². The van der Waals surface area contributed by atoms with Crippen molar-refractivity contribution in [3.63, 3.8) is 0 Å². The van der Waals surface area contributed by atoms with E-state index in [2.05, 4.69) is 0 Å². The highest BCUT2D eigenvalue weighted by Crippen LogP contribution is 2.21. The summed E-state index contributed by atoms with van der Waals surface area (Å²) in [6, 6.07) is 5.30. The van der Waals surface area contributed by atoms with Crippen LogP contribution in [0, 0.1) is 4.91 Å². The molecule has 1 saturated heterocycles. The Hall–Kier alpha value is -2.04. The summed E-state index contributed by atoms with van der Waals surface area (Å²) < 4.78 is 34.6. The third kappa shape index (κ3) is 4.73. The van der Waals surface area contributed by atoms with Gasteiger partial charge in [-0.05, 0) is 26.8 Å². The number of ether oxygens (including phenoxy) is 1. The van der Waals surface area contributed by atoms with Gasteiger partial charge in [0.2, 0.25) is 0 Å². The predicted molar refractivity (Wildman–Crippen MR) is 81.4 cm³/mol. The molecule has 0 spiro atoms. The first kappa shape index (κ1) is 18.3. The summed E-state index contributed by atoms with van der Waals surface area (Å²) in [6.07, 6.45) is -1.59. The lowest BCUT2D eigenvalue weighted by atomic mass is 10.2. The average molecular weight is 359 g/mol. The first-order chi connectivity index (χ1) is 11.1. The highest BCUT2D eigenvalue weighted by molar-refractivity contribution is 7.86. The van der Waals surface area contributed by atoms with Crippen LogP contribution in [0.1, 0.15) is 20.8 Å². The van der Waals surface area contributed by atoms with Crippen molar-refractivity contribution in [3.05, 3.63) is 29.2 Å². The van der Waals surface area contributed by atoms with Crippen LogP contribution in [0.3, 0.4) is 0 Å². The van der Waals surface area contributed by atoms with Crippen LogP contribution < -0.4 is 5.18 Å². The van der Waals surface area contributed by atoms with E-state index >= 15 is 0 Å². The van der Waals surface area contributed by atoms with E-state index in [1.165, 1.54) is 18.2 Å². The van der Waals surface area contributed by atoms with Gasteiger partial charge >= 0.3 is 6.09 Å². The molecule has 0 bridgehead atoms. The number of amides is 1. The third-order valence-electron chi connectivity index (χ3n) is 2.89. The highest BCUT2D eigenvalue weighted by Gasteiger charge is 2.35. The molecule has 1 atom stereocenters. The van der Waals surface area contributed by atoms with Gasteiger partial charge in [-0.2, -0.15) is 13.5 Å². The Labute approximate surface area is 139 Å². The maximum Gasteiger partial charge on any atom is 0.434 e. The average Bonchev–Trinajstić information content (AvgIpc) is 2.93. The molecule has 0 aromatic heterocycles. The molecular formula is C14H19N2O7S+. The fraction of sp³-hybridized carbons (Fsp3) is 0.500. The van der Waals surface area contributed by atoms with Crippen molar-refractivity contribution in [2.75, 3.05) is 13.2 Å². The van der Waals surface area contributed by atoms with Crippen molar-refractivity contribution >= 4 is 21.9 Å². The van der Waals surface area contributed by atoms with Gasteiger partial charge in [-0.1, -0.05) is 6.07 Å². The Morgan fingerprint density at radius 1 is 1.38 bits per heavy atom. The molecule has 1 aliphatic rings. The van der Waals surface area contributed by atoms with Gasteiger partial charge in [-0.3, -0.25) is 9.02 Å². The van der Waals surface area contributed by atoms with E-state index in [4.69, 9.17) is 13.8 Å². The van der Waals surface area contributed by atoms with E-state index in [0.29, 0.717) is 0 Å². The fourth-order valence-corrected chi connectivity index (χ4v) is 3.01. The fourth-order valence-electron chi connectivity index (χ4n) is 1.91. The van der Waals surface area contributed by atoms with E-state index < -0.39 is 27.9 Å². The quantitative estimate of drug-likeness (QED) is 0.775. The van der Waals surface area contributed by atoms with Crippen LogP contribution in [0.4, 0.5) is 10.5 Å². The van der Waals surface area contributed by atoms with Gasteiger partial charge in [-0.15, -0.1) is 0 Å². The molecule has 1 amide bonds. The van der Waals surface area contributed by atoms with E-state index in [1.54, 1.807) is 25.9 Å². The summed E-state index contributed by atoms with van der Waals surface area (Å²) in [4.78, 5) is 27.4. The van der Waals surface area contributed by atoms with Gasteiger partial charge in [0.05, 0.1) is 6.54 Å². The molecule has 0 aliphatic carbocycles. The van der Waals surface area contributed by atoms with Crippen LogP contribution in [0.5, 0.6) is 0 Å². The lowest BCUT2D eigenvalue weighted by molar-refractivity contribution is -0.379. The first-order valence-corrected chi connectivity index (χ1v) is 8.56. The lowest BCUT2D eigenvalue weighted by Gasteiger charge is -2.23. The van der Waals surface area contributed by atoms with Gasteiger partial charge < -0.3 is 4.74 Å². The molecule has 0 unspecified atom stereocenters. The number of hydrogen-bond acceptors (Lipinski definition) is 7. The molecule has 1 fully saturated rings. The SMILES string of the molecule is CC(C)(C)OC(=O)N1C[C@H](OS(=O)(=O)c2cccc([NH+]=O)c2)CO1. The predicted octanol–water partition coefficient (Wildman–Crippen LogP) is 0.421. The van der Waals surface area contributed by atoms with Crippen LogP contribution in [-0.2, 0) is 23.9 Å². The van der Waals surface area contributed by atoms with E-state index in [1.807, 2.05) is 0 Å². The zero-order chi connectivity index (χ0) is 18.0. The van der Waals surface area contributed by atoms with E-state index in [9.17, 15) is 18.1 Å². The van der Waals surface area contributed by atoms with Crippen LogP contribution in [-0.4, -0.2) is 44.4 Å². The van der Waals surface area contributed by atoms with E-state index in [0.717, 1.165) is 11.1 Å². The first-order valence-electron chi connectivity index (χ1n) is 7.16. The van der Waals surface area contributed by atoms with Crippen LogP contribution in [0.15, 0.2) is 29.2 Å². The number of nitrogens with zero attached hydrogens (tertiary/aromatic N) is 1. The summed E-state index contributed by atoms with van der Waals surface area (Å²) in [5, 5.41) is 2.53. The molecule has 1 aromatic rings. The molecular weight excluding hydrogens is 340 g/mol. The van der Waals surface area contributed by atoms with Crippen LogP contribution in [0.2, 0.25) is 0 Å². The number of benzene rings is 1. The Morgan fingerprint density at radius 3 is 2.71 bits per heavy atom. The van der Waals surface area contributed by atoms with Gasteiger partial charge in [-0.25, -0.2) is 4.79 Å². The van der Waals surface area contributed by atoms with Crippen molar-refractivity contribution in [1.82, 2.24) is 5.06 Å². The molecule has 1 aromatic carbocycles. The van der Waals surface area contributed by atoms with Crippen molar-refractivity contribution in [1.29, 1.82) is 0 Å². The summed E-state index contributed by atoms with van der Waals surface area (Å²) >= 11 is 0. The molecule has 0 saturated carbocycles. The molecule has 9 nitrogen and oxygen atoms in total. The van der Waals surface area contributed by atoms with Gasteiger partial charge in [0, 0.05) is 22.2 Å². The monoisotopic (exact) mass is 359 g/mol. The largest absolute Gasteiger partial charge is 0.442 e. The number of nitroso groups, excluding NO2 is 1. The minimum Gasteiger partial charge on any atom is -0.442 e. The minimum atomic E-state index is -4.10. The third-order valence-corrected chi connectivity index (χ3v) is 4.24.